The number of carboxylic acid groups (broad SMARTS) is 1. The fourth-order valence-corrected chi connectivity index (χ4v) is 1.12. The minimum atomic E-state index is -0.817. The van der Waals surface area contributed by atoms with Gasteiger partial charge in [-0.05, 0) is 19.4 Å². The second kappa shape index (κ2) is 5.87. The molecule has 0 amide bonds. The first kappa shape index (κ1) is 10.1. The summed E-state index contributed by atoms with van der Waals surface area (Å²) in [5, 5.41) is 8.49. The fourth-order valence-electron chi connectivity index (χ4n) is 0.547. The number of aliphatic carboxylic acids is 1. The molecule has 4 nitrogen and oxygen atoms in total. The number of nitrogens with two attached hydrogens (primary N) is 1. The van der Waals surface area contributed by atoms with Crippen LogP contribution in [0, 0.1) is 0 Å². The van der Waals surface area contributed by atoms with Gasteiger partial charge in [-0.3, -0.25) is 4.79 Å². The van der Waals surface area contributed by atoms with E-state index >= 15 is 0 Å². The lowest BCUT2D eigenvalue weighted by Gasteiger charge is -2.07. The zero-order chi connectivity index (χ0) is 7.98. The highest BCUT2D eigenvalue weighted by Crippen LogP contribution is 1.97. The van der Waals surface area contributed by atoms with Gasteiger partial charge in [-0.15, -0.1) is 0 Å². The van der Waals surface area contributed by atoms with E-state index in [-0.39, 0.29) is 0 Å². The molecule has 1 unspecified atom stereocenters. The number of nitrogens with one attached hydrogen (secondary N) is 1. The molecule has 0 aliphatic carbocycles. The summed E-state index contributed by atoms with van der Waals surface area (Å²) in [6.07, 6.45) is 1.34. The SMILES string of the molecule is NCCCC(NI)C(=O)O. The number of rotatable bonds is 5. The van der Waals surface area contributed by atoms with Gasteiger partial charge in [0.15, 0.2) is 0 Å². The molecule has 0 aliphatic heterocycles. The number of halogens is 1. The van der Waals surface area contributed by atoms with Crippen molar-refractivity contribution >= 4 is 28.8 Å². The molecule has 0 aliphatic rings. The predicted octanol–water partition coefficient (Wildman–Crippen LogP) is 0.118. The number of carbonyl (C=O) groups is 1. The van der Waals surface area contributed by atoms with Crippen molar-refractivity contribution < 1.29 is 9.90 Å². The Hall–Kier alpha value is 0.120. The molecule has 0 aromatic carbocycles. The molecule has 0 bridgehead atoms. The van der Waals surface area contributed by atoms with E-state index in [2.05, 4.69) is 3.53 Å². The van der Waals surface area contributed by atoms with E-state index in [1.54, 1.807) is 0 Å². The maximum Gasteiger partial charge on any atom is 0.321 e. The monoisotopic (exact) mass is 258 g/mol. The van der Waals surface area contributed by atoms with Crippen LogP contribution in [-0.4, -0.2) is 23.7 Å². The second-order valence-corrected chi connectivity index (χ2v) is 2.55. The molecule has 60 valence electrons. The molecule has 1 atom stereocenters. The molecule has 4 N–H and O–H groups in total. The normalized spacial score (nSPS) is 13.0. The van der Waals surface area contributed by atoms with Gasteiger partial charge < -0.3 is 10.8 Å². The summed E-state index contributed by atoms with van der Waals surface area (Å²) in [6.45, 7) is 0.544. The zero-order valence-corrected chi connectivity index (χ0v) is 7.67. The molecule has 5 heteroatoms. The molecule has 0 rings (SSSR count). The van der Waals surface area contributed by atoms with Gasteiger partial charge in [-0.25, -0.2) is 3.53 Å². The van der Waals surface area contributed by atoms with Crippen LogP contribution in [-0.2, 0) is 4.79 Å². The van der Waals surface area contributed by atoms with Gasteiger partial charge >= 0.3 is 5.97 Å². The molecular weight excluding hydrogens is 247 g/mol. The van der Waals surface area contributed by atoms with Crippen molar-refractivity contribution in [1.29, 1.82) is 0 Å². The molecule has 0 fully saturated rings. The molecule has 0 saturated carbocycles. The standard InChI is InChI=1S/C5H11IN2O2/c6-8-4(5(9)10)2-1-3-7/h4,8H,1-3,7H2,(H,9,10). The molecule has 0 radical (unpaired) electrons. The highest BCUT2D eigenvalue weighted by Gasteiger charge is 2.13. The average Bonchev–Trinajstić information content (AvgIpc) is 1.89. The Bertz CT molecular complexity index is 110. The molecule has 0 aromatic rings. The van der Waals surface area contributed by atoms with Gasteiger partial charge in [0, 0.05) is 22.9 Å². The van der Waals surface area contributed by atoms with Gasteiger partial charge in [0.2, 0.25) is 0 Å². The van der Waals surface area contributed by atoms with Crippen LogP contribution in [0.2, 0.25) is 0 Å². The maximum absolute atomic E-state index is 10.3. The number of carboxylic acids is 1. The molecular formula is C5H11IN2O2. The Labute approximate surface area is 73.7 Å². The predicted molar refractivity (Wildman–Crippen MR) is 46.9 cm³/mol. The second-order valence-electron chi connectivity index (χ2n) is 1.93. The van der Waals surface area contributed by atoms with Gasteiger partial charge in [0.25, 0.3) is 0 Å². The highest BCUT2D eigenvalue weighted by molar-refractivity contribution is 14.1. The fraction of sp³-hybridized carbons (Fsp3) is 0.800. The van der Waals surface area contributed by atoms with Gasteiger partial charge in [-0.1, -0.05) is 0 Å². The maximum atomic E-state index is 10.3. The number of hydrogen-bond donors (Lipinski definition) is 3. The van der Waals surface area contributed by atoms with Gasteiger partial charge in [0.1, 0.15) is 6.04 Å². The van der Waals surface area contributed by atoms with Crippen LogP contribution in [0.25, 0.3) is 0 Å². The third-order valence-corrected chi connectivity index (χ3v) is 1.88. The minimum Gasteiger partial charge on any atom is -0.480 e. The van der Waals surface area contributed by atoms with Crippen LogP contribution in [0.5, 0.6) is 0 Å². The first-order valence-corrected chi connectivity index (χ1v) is 4.09. The van der Waals surface area contributed by atoms with E-state index in [9.17, 15) is 4.79 Å². The van der Waals surface area contributed by atoms with Crippen molar-refractivity contribution in [2.75, 3.05) is 6.54 Å². The van der Waals surface area contributed by atoms with Crippen LogP contribution in [0.1, 0.15) is 12.8 Å². The summed E-state index contributed by atoms with van der Waals surface area (Å²) in [5.74, 6) is -0.817. The van der Waals surface area contributed by atoms with Gasteiger partial charge in [-0.2, -0.15) is 0 Å². The van der Waals surface area contributed by atoms with E-state index in [1.807, 2.05) is 22.9 Å². The topological polar surface area (TPSA) is 75.3 Å². The van der Waals surface area contributed by atoms with E-state index in [0.717, 1.165) is 6.42 Å². The third kappa shape index (κ3) is 4.02. The van der Waals surface area contributed by atoms with E-state index in [4.69, 9.17) is 10.8 Å². The summed E-state index contributed by atoms with van der Waals surface area (Å²) in [4.78, 5) is 10.3. The van der Waals surface area contributed by atoms with Crippen LogP contribution < -0.4 is 9.26 Å². The first-order chi connectivity index (χ1) is 4.72. The van der Waals surface area contributed by atoms with Crippen molar-refractivity contribution in [3.8, 4) is 0 Å². The largest absolute Gasteiger partial charge is 0.480 e. The molecule has 0 heterocycles. The minimum absolute atomic E-state index is 0.454. The zero-order valence-electron chi connectivity index (χ0n) is 5.51. The van der Waals surface area contributed by atoms with Crippen molar-refractivity contribution in [3.05, 3.63) is 0 Å². The Morgan fingerprint density at radius 1 is 1.80 bits per heavy atom. The Morgan fingerprint density at radius 2 is 2.40 bits per heavy atom. The van der Waals surface area contributed by atoms with Crippen molar-refractivity contribution in [2.24, 2.45) is 5.73 Å². The molecule has 0 spiro atoms. The van der Waals surface area contributed by atoms with E-state index in [0.29, 0.717) is 13.0 Å². The lowest BCUT2D eigenvalue weighted by molar-refractivity contribution is -0.138. The Kier molecular flexibility index (Phi) is 5.94. The summed E-state index contributed by atoms with van der Waals surface area (Å²) < 4.78 is 2.65. The third-order valence-electron chi connectivity index (χ3n) is 1.13. The van der Waals surface area contributed by atoms with Crippen LogP contribution in [0.4, 0.5) is 0 Å². The Balaban J connectivity index is 3.50. The highest BCUT2D eigenvalue weighted by atomic mass is 127. The van der Waals surface area contributed by atoms with E-state index < -0.39 is 12.0 Å². The van der Waals surface area contributed by atoms with Crippen LogP contribution >= 0.6 is 22.9 Å². The summed E-state index contributed by atoms with van der Waals surface area (Å²) >= 11 is 1.83. The average molecular weight is 258 g/mol. The van der Waals surface area contributed by atoms with E-state index in [1.165, 1.54) is 0 Å². The number of hydrogen-bond acceptors (Lipinski definition) is 3. The smallest absolute Gasteiger partial charge is 0.321 e. The summed E-state index contributed by atoms with van der Waals surface area (Å²) in [7, 11) is 0. The quantitative estimate of drug-likeness (QED) is 0.483. The Morgan fingerprint density at radius 3 is 2.70 bits per heavy atom. The summed E-state index contributed by atoms with van der Waals surface area (Å²) in [6, 6.07) is -0.454. The first-order valence-electron chi connectivity index (χ1n) is 3.01. The van der Waals surface area contributed by atoms with Crippen molar-refractivity contribution in [1.82, 2.24) is 3.53 Å². The molecule has 10 heavy (non-hydrogen) atoms. The van der Waals surface area contributed by atoms with Crippen molar-refractivity contribution in [2.45, 2.75) is 18.9 Å². The lowest BCUT2D eigenvalue weighted by Crippen LogP contribution is -2.30. The molecule has 0 saturated heterocycles. The lowest BCUT2D eigenvalue weighted by atomic mass is 10.2. The summed E-state index contributed by atoms with van der Waals surface area (Å²) in [5.41, 5.74) is 5.21. The molecule has 0 aromatic heterocycles. The van der Waals surface area contributed by atoms with Gasteiger partial charge in [0.05, 0.1) is 0 Å². The van der Waals surface area contributed by atoms with Crippen LogP contribution in [0.15, 0.2) is 0 Å². The van der Waals surface area contributed by atoms with Crippen LogP contribution in [0.3, 0.4) is 0 Å². The van der Waals surface area contributed by atoms with Crippen molar-refractivity contribution in [3.63, 3.8) is 0 Å².